The van der Waals surface area contributed by atoms with Crippen LogP contribution in [-0.4, -0.2) is 37.9 Å². The zero-order valence-corrected chi connectivity index (χ0v) is 11.3. The van der Waals surface area contributed by atoms with Gasteiger partial charge in [0.2, 0.25) is 0 Å². The van der Waals surface area contributed by atoms with Crippen molar-refractivity contribution >= 4 is 0 Å². The van der Waals surface area contributed by atoms with Crippen molar-refractivity contribution < 1.29 is 4.74 Å². The fourth-order valence-corrected chi connectivity index (χ4v) is 2.42. The largest absolute Gasteiger partial charge is 0.383 e. The Morgan fingerprint density at radius 1 is 1.06 bits per heavy atom. The smallest absolute Gasteiger partial charge is 0.0587 e. The molecule has 0 aromatic rings. The third-order valence-corrected chi connectivity index (χ3v) is 3.10. The summed E-state index contributed by atoms with van der Waals surface area (Å²) < 4.78 is 5.05. The van der Waals surface area contributed by atoms with Gasteiger partial charge >= 0.3 is 0 Å². The molecule has 1 aliphatic carbocycles. The Kier molecular flexibility index (Phi) is 5.73. The molecule has 2 N–H and O–H groups in total. The summed E-state index contributed by atoms with van der Waals surface area (Å²) in [6.45, 7) is 8.54. The van der Waals surface area contributed by atoms with Crippen molar-refractivity contribution in [3.63, 3.8) is 0 Å². The summed E-state index contributed by atoms with van der Waals surface area (Å²) in [6.07, 6.45) is 5.17. The molecule has 0 spiro atoms. The molecular formula is C13H28N2O. The van der Waals surface area contributed by atoms with E-state index >= 15 is 0 Å². The first-order chi connectivity index (χ1) is 7.51. The third-order valence-electron chi connectivity index (χ3n) is 3.10. The highest BCUT2D eigenvalue weighted by Gasteiger charge is 2.23. The predicted octanol–water partition coefficient (Wildman–Crippen LogP) is 1.92. The number of hydrogen-bond donors (Lipinski definition) is 2. The maximum absolute atomic E-state index is 5.05. The molecule has 0 atom stereocenters. The highest BCUT2D eigenvalue weighted by atomic mass is 16.5. The SMILES string of the molecule is COCCNC1CCC(NC(C)(C)C)CC1. The zero-order chi connectivity index (χ0) is 12.0. The van der Waals surface area contributed by atoms with Crippen LogP contribution in [0.2, 0.25) is 0 Å². The molecular weight excluding hydrogens is 200 g/mol. The fraction of sp³-hybridized carbons (Fsp3) is 1.00. The quantitative estimate of drug-likeness (QED) is 0.705. The number of rotatable bonds is 5. The minimum Gasteiger partial charge on any atom is -0.383 e. The van der Waals surface area contributed by atoms with Gasteiger partial charge in [0.1, 0.15) is 0 Å². The molecule has 0 unspecified atom stereocenters. The highest BCUT2D eigenvalue weighted by molar-refractivity contribution is 4.85. The monoisotopic (exact) mass is 228 g/mol. The van der Waals surface area contributed by atoms with E-state index in [1.807, 2.05) is 0 Å². The summed E-state index contributed by atoms with van der Waals surface area (Å²) in [5, 5.41) is 7.25. The molecule has 0 aromatic heterocycles. The lowest BCUT2D eigenvalue weighted by Gasteiger charge is -2.34. The average Bonchev–Trinajstić information content (AvgIpc) is 2.19. The molecule has 0 heterocycles. The summed E-state index contributed by atoms with van der Waals surface area (Å²) in [5.41, 5.74) is 0.251. The van der Waals surface area contributed by atoms with E-state index in [1.54, 1.807) is 7.11 Å². The summed E-state index contributed by atoms with van der Waals surface area (Å²) in [4.78, 5) is 0. The zero-order valence-electron chi connectivity index (χ0n) is 11.3. The number of methoxy groups -OCH3 is 1. The minimum atomic E-state index is 0.251. The molecule has 1 fully saturated rings. The van der Waals surface area contributed by atoms with Crippen molar-refractivity contribution in [2.24, 2.45) is 0 Å². The van der Waals surface area contributed by atoms with Gasteiger partial charge in [-0.3, -0.25) is 0 Å². The topological polar surface area (TPSA) is 33.3 Å². The standard InChI is InChI=1S/C13H28N2O/c1-13(2,3)15-12-7-5-11(6-8-12)14-9-10-16-4/h11-12,14-15H,5-10H2,1-4H3. The molecule has 0 bridgehead atoms. The van der Waals surface area contributed by atoms with Crippen LogP contribution in [0.1, 0.15) is 46.5 Å². The molecule has 3 nitrogen and oxygen atoms in total. The lowest BCUT2D eigenvalue weighted by molar-refractivity contribution is 0.188. The molecule has 16 heavy (non-hydrogen) atoms. The van der Waals surface area contributed by atoms with Crippen molar-refractivity contribution in [2.45, 2.75) is 64.1 Å². The van der Waals surface area contributed by atoms with Gasteiger partial charge in [-0.05, 0) is 46.5 Å². The Morgan fingerprint density at radius 2 is 1.62 bits per heavy atom. The first-order valence-corrected chi connectivity index (χ1v) is 6.51. The van der Waals surface area contributed by atoms with Crippen LogP contribution in [0, 0.1) is 0 Å². The Morgan fingerprint density at radius 3 is 2.12 bits per heavy atom. The maximum Gasteiger partial charge on any atom is 0.0587 e. The lowest BCUT2D eigenvalue weighted by Crippen LogP contribution is -2.47. The normalized spacial score (nSPS) is 27.0. The van der Waals surface area contributed by atoms with Crippen LogP contribution in [0.3, 0.4) is 0 Å². The van der Waals surface area contributed by atoms with Gasteiger partial charge in [-0.15, -0.1) is 0 Å². The lowest BCUT2D eigenvalue weighted by atomic mass is 9.89. The maximum atomic E-state index is 5.05. The van der Waals surface area contributed by atoms with Gasteiger partial charge in [-0.25, -0.2) is 0 Å². The van der Waals surface area contributed by atoms with Gasteiger partial charge in [-0.2, -0.15) is 0 Å². The first kappa shape index (κ1) is 13.9. The summed E-state index contributed by atoms with van der Waals surface area (Å²) in [7, 11) is 1.76. The second-order valence-corrected chi connectivity index (χ2v) is 5.89. The molecule has 1 rings (SSSR count). The fourth-order valence-electron chi connectivity index (χ4n) is 2.42. The Hall–Kier alpha value is -0.120. The van der Waals surface area contributed by atoms with Crippen molar-refractivity contribution in [3.05, 3.63) is 0 Å². The van der Waals surface area contributed by atoms with Gasteiger partial charge in [0.05, 0.1) is 6.61 Å². The van der Waals surface area contributed by atoms with Crippen LogP contribution in [0.25, 0.3) is 0 Å². The molecule has 96 valence electrons. The molecule has 1 aliphatic rings. The molecule has 0 amide bonds. The van der Waals surface area contributed by atoms with Crippen molar-refractivity contribution in [1.29, 1.82) is 0 Å². The van der Waals surface area contributed by atoms with Crippen LogP contribution in [0.15, 0.2) is 0 Å². The second kappa shape index (κ2) is 6.58. The van der Waals surface area contributed by atoms with Gasteiger partial charge in [0.15, 0.2) is 0 Å². The van der Waals surface area contributed by atoms with E-state index in [4.69, 9.17) is 4.74 Å². The number of nitrogens with one attached hydrogen (secondary N) is 2. The van der Waals surface area contributed by atoms with Gasteiger partial charge in [-0.1, -0.05) is 0 Å². The van der Waals surface area contributed by atoms with Crippen molar-refractivity contribution in [2.75, 3.05) is 20.3 Å². The van der Waals surface area contributed by atoms with E-state index in [0.29, 0.717) is 12.1 Å². The van der Waals surface area contributed by atoms with E-state index in [-0.39, 0.29) is 5.54 Å². The average molecular weight is 228 g/mol. The summed E-state index contributed by atoms with van der Waals surface area (Å²) >= 11 is 0. The predicted molar refractivity (Wildman–Crippen MR) is 68.8 cm³/mol. The second-order valence-electron chi connectivity index (χ2n) is 5.89. The number of hydrogen-bond acceptors (Lipinski definition) is 3. The number of ether oxygens (including phenoxy) is 1. The van der Waals surface area contributed by atoms with Gasteiger partial charge in [0.25, 0.3) is 0 Å². The van der Waals surface area contributed by atoms with Crippen LogP contribution in [0.4, 0.5) is 0 Å². The highest BCUT2D eigenvalue weighted by Crippen LogP contribution is 2.20. The van der Waals surface area contributed by atoms with Crippen LogP contribution in [0.5, 0.6) is 0 Å². The molecule has 0 radical (unpaired) electrons. The van der Waals surface area contributed by atoms with Gasteiger partial charge in [0, 0.05) is 31.3 Å². The molecule has 0 aliphatic heterocycles. The van der Waals surface area contributed by atoms with E-state index < -0.39 is 0 Å². The molecule has 1 saturated carbocycles. The van der Waals surface area contributed by atoms with Crippen molar-refractivity contribution in [1.82, 2.24) is 10.6 Å². The Labute approximate surface area is 100 Å². The Balaban J connectivity index is 2.13. The van der Waals surface area contributed by atoms with Crippen LogP contribution >= 0.6 is 0 Å². The Bertz CT molecular complexity index is 181. The van der Waals surface area contributed by atoms with Crippen molar-refractivity contribution in [3.8, 4) is 0 Å². The van der Waals surface area contributed by atoms with Crippen LogP contribution in [-0.2, 0) is 4.74 Å². The summed E-state index contributed by atoms with van der Waals surface area (Å²) in [5.74, 6) is 0. The van der Waals surface area contributed by atoms with E-state index in [2.05, 4.69) is 31.4 Å². The van der Waals surface area contributed by atoms with E-state index in [1.165, 1.54) is 25.7 Å². The molecule has 3 heteroatoms. The van der Waals surface area contributed by atoms with E-state index in [9.17, 15) is 0 Å². The van der Waals surface area contributed by atoms with E-state index in [0.717, 1.165) is 13.2 Å². The van der Waals surface area contributed by atoms with Crippen LogP contribution < -0.4 is 10.6 Å². The summed E-state index contributed by atoms with van der Waals surface area (Å²) in [6, 6.07) is 1.41. The minimum absolute atomic E-state index is 0.251. The first-order valence-electron chi connectivity index (χ1n) is 6.51. The van der Waals surface area contributed by atoms with Gasteiger partial charge < -0.3 is 15.4 Å². The molecule has 0 aromatic carbocycles. The molecule has 0 saturated heterocycles. The third kappa shape index (κ3) is 5.83.